The van der Waals surface area contributed by atoms with Crippen molar-refractivity contribution in [3.05, 3.63) is 29.8 Å². The lowest BCUT2D eigenvalue weighted by atomic mass is 10.1. The van der Waals surface area contributed by atoms with Crippen LogP contribution in [0.3, 0.4) is 0 Å². The van der Waals surface area contributed by atoms with E-state index in [1.54, 1.807) is 25.3 Å². The second-order valence-corrected chi connectivity index (χ2v) is 10.3. The smallest absolute Gasteiger partial charge is 0.232 e. The molecule has 7 nitrogen and oxygen atoms in total. The molecule has 2 heterocycles. The summed E-state index contributed by atoms with van der Waals surface area (Å²) in [5.41, 5.74) is 1.52. The first-order chi connectivity index (χ1) is 16.2. The van der Waals surface area contributed by atoms with Crippen molar-refractivity contribution in [2.24, 2.45) is 11.8 Å². The van der Waals surface area contributed by atoms with Crippen LogP contribution in [0.5, 0.6) is 0 Å². The fourth-order valence-electron chi connectivity index (χ4n) is 4.00. The van der Waals surface area contributed by atoms with Crippen molar-refractivity contribution < 1.29 is 23.4 Å². The number of rotatable bonds is 16. The van der Waals surface area contributed by atoms with Gasteiger partial charge in [-0.2, -0.15) is 11.8 Å². The first-order valence-corrected chi connectivity index (χ1v) is 13.2. The van der Waals surface area contributed by atoms with Gasteiger partial charge in [-0.1, -0.05) is 25.7 Å². The van der Waals surface area contributed by atoms with Crippen molar-refractivity contribution in [1.82, 2.24) is 9.88 Å². The summed E-state index contributed by atoms with van der Waals surface area (Å²) in [5.74, 6) is 4.39. The molecule has 1 amide bonds. The van der Waals surface area contributed by atoms with Crippen molar-refractivity contribution in [1.29, 1.82) is 0 Å². The van der Waals surface area contributed by atoms with Gasteiger partial charge in [0, 0.05) is 38.0 Å². The summed E-state index contributed by atoms with van der Waals surface area (Å²) in [7, 11) is 3.18. The van der Waals surface area contributed by atoms with Crippen molar-refractivity contribution >= 4 is 28.6 Å². The van der Waals surface area contributed by atoms with Crippen molar-refractivity contribution in [3.8, 4) is 0 Å². The zero-order valence-corrected chi connectivity index (χ0v) is 20.6. The molecule has 2 aliphatic rings. The van der Waals surface area contributed by atoms with Gasteiger partial charge in [-0.3, -0.25) is 14.7 Å². The Balaban J connectivity index is 1.42. The number of amides is 1. The predicted molar refractivity (Wildman–Crippen MR) is 129 cm³/mol. The quantitative estimate of drug-likeness (QED) is 0.258. The summed E-state index contributed by atoms with van der Waals surface area (Å²) >= 11 is 1.82. The highest BCUT2D eigenvalue weighted by Crippen LogP contribution is 2.35. The lowest BCUT2D eigenvalue weighted by Crippen LogP contribution is -2.45. The lowest BCUT2D eigenvalue weighted by molar-refractivity contribution is -0.167. The fraction of sp³-hybridized carbons (Fsp3) is 0.680. The number of nitrogens with zero attached hydrogens (tertiary/aromatic N) is 2. The zero-order valence-electron chi connectivity index (χ0n) is 19.8. The number of hydrogen-bond acceptors (Lipinski definition) is 7. The molecule has 0 bridgehead atoms. The van der Waals surface area contributed by atoms with Crippen LogP contribution in [0.2, 0.25) is 0 Å². The molecule has 0 unspecified atom stereocenters. The summed E-state index contributed by atoms with van der Waals surface area (Å²) in [6, 6.07) is 3.93. The molecule has 4 rings (SSSR count). The number of aromatic nitrogens is 1. The second-order valence-electron chi connectivity index (χ2n) is 9.16. The number of fused-ring (bicyclic) bond motifs is 1. The topological polar surface area (TPSA) is 74.0 Å². The van der Waals surface area contributed by atoms with Gasteiger partial charge in [0.05, 0.1) is 12.1 Å². The maximum atomic E-state index is 13.4. The van der Waals surface area contributed by atoms with Gasteiger partial charge < -0.3 is 18.6 Å². The number of methoxy groups -OCH3 is 2. The number of carbonyl (C=O) groups is 1. The number of thioether (sulfide) groups is 1. The molecule has 8 heteroatoms. The van der Waals surface area contributed by atoms with Crippen LogP contribution in [0.4, 0.5) is 0 Å². The fourth-order valence-corrected chi connectivity index (χ4v) is 5.15. The molecule has 33 heavy (non-hydrogen) atoms. The van der Waals surface area contributed by atoms with Crippen LogP contribution in [0.1, 0.15) is 50.0 Å². The Hall–Kier alpha value is -1.61. The Labute approximate surface area is 200 Å². The molecule has 2 aromatic heterocycles. The van der Waals surface area contributed by atoms with Gasteiger partial charge in [-0.05, 0) is 42.6 Å². The largest absolute Gasteiger partial charge is 0.461 e. The van der Waals surface area contributed by atoms with Gasteiger partial charge in [-0.15, -0.1) is 0 Å². The van der Waals surface area contributed by atoms with E-state index in [1.165, 1.54) is 38.5 Å². The van der Waals surface area contributed by atoms with E-state index < -0.39 is 6.23 Å². The molecule has 2 aromatic rings. The van der Waals surface area contributed by atoms with E-state index in [0.717, 1.165) is 46.4 Å². The Morgan fingerprint density at radius 1 is 1.21 bits per heavy atom. The number of aryl methyl sites for hydroxylation is 1. The van der Waals surface area contributed by atoms with Gasteiger partial charge in [-0.25, -0.2) is 0 Å². The molecule has 1 atom stereocenters. The van der Waals surface area contributed by atoms with E-state index in [4.69, 9.17) is 18.6 Å². The van der Waals surface area contributed by atoms with Crippen LogP contribution in [0.25, 0.3) is 11.0 Å². The number of ether oxygens (including phenoxy) is 3. The third kappa shape index (κ3) is 7.44. The average Bonchev–Trinajstić information content (AvgIpc) is 3.75. The van der Waals surface area contributed by atoms with E-state index in [-0.39, 0.29) is 25.9 Å². The molecule has 2 aliphatic carbocycles. The summed E-state index contributed by atoms with van der Waals surface area (Å²) in [5, 5.41) is 0.919. The van der Waals surface area contributed by atoms with Gasteiger partial charge in [0.25, 0.3) is 0 Å². The Kier molecular flexibility index (Phi) is 9.06. The molecule has 0 N–H and O–H groups in total. The molecule has 0 aliphatic heterocycles. The summed E-state index contributed by atoms with van der Waals surface area (Å²) in [6.07, 6.45) is 10.2. The number of pyridine rings is 1. The highest BCUT2D eigenvalue weighted by atomic mass is 32.2. The van der Waals surface area contributed by atoms with E-state index in [2.05, 4.69) is 11.1 Å². The Bertz CT molecular complexity index is 896. The summed E-state index contributed by atoms with van der Waals surface area (Å²) < 4.78 is 22.4. The third-order valence-electron chi connectivity index (χ3n) is 6.34. The first-order valence-electron chi connectivity index (χ1n) is 12.0. The molecule has 0 saturated heterocycles. The molecule has 0 spiro atoms. The van der Waals surface area contributed by atoms with Gasteiger partial charge in [0.1, 0.15) is 31.1 Å². The first kappa shape index (κ1) is 24.5. The number of carbonyl (C=O) groups excluding carboxylic acids is 1. The van der Waals surface area contributed by atoms with Crippen LogP contribution in [0, 0.1) is 11.8 Å². The van der Waals surface area contributed by atoms with E-state index in [1.807, 2.05) is 17.8 Å². The minimum Gasteiger partial charge on any atom is -0.461 e. The van der Waals surface area contributed by atoms with E-state index in [9.17, 15) is 4.79 Å². The zero-order chi connectivity index (χ0) is 23.0. The second kappa shape index (κ2) is 12.2. The van der Waals surface area contributed by atoms with Crippen molar-refractivity contribution in [2.75, 3.05) is 39.2 Å². The maximum Gasteiger partial charge on any atom is 0.232 e. The van der Waals surface area contributed by atoms with Crippen LogP contribution in [0.15, 0.2) is 22.7 Å². The molecular weight excluding hydrogens is 440 g/mol. The summed E-state index contributed by atoms with van der Waals surface area (Å²) in [4.78, 5) is 19.5. The molecule has 2 fully saturated rings. The maximum absolute atomic E-state index is 13.4. The molecule has 0 aromatic carbocycles. The minimum absolute atomic E-state index is 0.0820. The van der Waals surface area contributed by atoms with Gasteiger partial charge in [0.15, 0.2) is 0 Å². The monoisotopic (exact) mass is 476 g/mol. The highest BCUT2D eigenvalue weighted by molar-refractivity contribution is 7.99. The highest BCUT2D eigenvalue weighted by Gasteiger charge is 2.27. The Morgan fingerprint density at radius 2 is 2.00 bits per heavy atom. The van der Waals surface area contributed by atoms with Crippen molar-refractivity contribution in [2.45, 2.75) is 57.6 Å². The van der Waals surface area contributed by atoms with Gasteiger partial charge >= 0.3 is 0 Å². The van der Waals surface area contributed by atoms with E-state index >= 15 is 0 Å². The van der Waals surface area contributed by atoms with Crippen LogP contribution < -0.4 is 0 Å². The lowest BCUT2D eigenvalue weighted by Gasteiger charge is -2.30. The summed E-state index contributed by atoms with van der Waals surface area (Å²) in [6.45, 7) is 0.283. The van der Waals surface area contributed by atoms with Gasteiger partial charge in [0.2, 0.25) is 5.91 Å². The van der Waals surface area contributed by atoms with Crippen LogP contribution >= 0.6 is 11.8 Å². The number of furan rings is 1. The molecule has 2 saturated carbocycles. The molecule has 182 valence electrons. The Morgan fingerprint density at radius 3 is 2.73 bits per heavy atom. The number of hydrogen-bond donors (Lipinski definition) is 0. The average molecular weight is 477 g/mol. The third-order valence-corrected chi connectivity index (χ3v) is 7.38. The normalized spacial score (nSPS) is 16.9. The molecule has 0 radical (unpaired) electrons. The van der Waals surface area contributed by atoms with E-state index in [0.29, 0.717) is 5.75 Å². The van der Waals surface area contributed by atoms with Crippen LogP contribution in [-0.2, 0) is 31.8 Å². The minimum atomic E-state index is -0.417. The molecular formula is C25H36N2O5S. The standard InChI is InChI=1S/C25H36N2O5S/c1-29-16-27(25(31-17-30-2)15-33-12-10-19-5-6-19)24(28)14-22-21-13-20(8-7-18-3-4-18)32-23(21)9-11-26-22/h9,11,13,18-19,25H,3-8,10,12,14-17H2,1-2H3/t25-/m1/s1. The predicted octanol–water partition coefficient (Wildman–Crippen LogP) is 4.63. The SMILES string of the molecule is COCO[C@H](CSCCC1CC1)N(COC)C(=O)Cc1nccc2oc(CCC3CC3)cc12. The van der Waals surface area contributed by atoms with Crippen molar-refractivity contribution in [3.63, 3.8) is 0 Å². The van der Waals surface area contributed by atoms with Crippen LogP contribution in [-0.4, -0.2) is 61.3 Å².